The minimum atomic E-state index is 0.589. The molecular weight excluding hydrogens is 154 g/mol. The molecule has 0 aromatic heterocycles. The zero-order valence-corrected chi connectivity index (χ0v) is 7.75. The third-order valence-electron chi connectivity index (χ3n) is 2.05. The van der Waals surface area contributed by atoms with Crippen LogP contribution in [0.1, 0.15) is 0 Å². The fourth-order valence-electron chi connectivity index (χ4n) is 1.22. The molecule has 0 aromatic carbocycles. The second-order valence-corrected chi connectivity index (χ2v) is 2.98. The van der Waals surface area contributed by atoms with Crippen molar-refractivity contribution in [2.24, 2.45) is 10.8 Å². The number of nitrogens with two attached hydrogens (primary N) is 1. The molecule has 0 unspecified atom stereocenters. The van der Waals surface area contributed by atoms with Gasteiger partial charge in [-0.15, -0.1) is 5.10 Å². The SMILES string of the molecule is CN/N=C(/N)N1CCN(C)CC1. The zero-order chi connectivity index (χ0) is 8.97. The fraction of sp³-hybridized carbons (Fsp3) is 0.857. The first kappa shape index (κ1) is 9.12. The van der Waals surface area contributed by atoms with Gasteiger partial charge in [0.25, 0.3) is 0 Å². The first-order valence-corrected chi connectivity index (χ1v) is 4.17. The van der Waals surface area contributed by atoms with Crippen LogP contribution in [-0.4, -0.2) is 56.0 Å². The van der Waals surface area contributed by atoms with Gasteiger partial charge in [0, 0.05) is 33.2 Å². The Morgan fingerprint density at radius 2 is 1.92 bits per heavy atom. The number of nitrogens with zero attached hydrogens (tertiary/aromatic N) is 3. The molecule has 1 fully saturated rings. The molecule has 0 aromatic rings. The Hall–Kier alpha value is -0.970. The van der Waals surface area contributed by atoms with Crippen LogP contribution < -0.4 is 11.2 Å². The summed E-state index contributed by atoms with van der Waals surface area (Å²) in [6, 6.07) is 0. The second kappa shape index (κ2) is 4.15. The highest BCUT2D eigenvalue weighted by Crippen LogP contribution is 1.97. The Bertz CT molecular complexity index is 159. The molecular formula is C7H17N5. The van der Waals surface area contributed by atoms with Crippen LogP contribution in [0.25, 0.3) is 0 Å². The van der Waals surface area contributed by atoms with Crippen molar-refractivity contribution in [2.75, 3.05) is 40.3 Å². The molecule has 1 aliphatic rings. The summed E-state index contributed by atoms with van der Waals surface area (Å²) in [7, 11) is 3.87. The van der Waals surface area contributed by atoms with E-state index in [-0.39, 0.29) is 0 Å². The Labute approximate surface area is 73.2 Å². The fourth-order valence-corrected chi connectivity index (χ4v) is 1.22. The van der Waals surface area contributed by atoms with Crippen molar-refractivity contribution in [2.45, 2.75) is 0 Å². The van der Waals surface area contributed by atoms with Gasteiger partial charge in [-0.25, -0.2) is 0 Å². The molecule has 0 aliphatic carbocycles. The molecule has 5 heteroatoms. The topological polar surface area (TPSA) is 56.9 Å². The van der Waals surface area contributed by atoms with E-state index in [9.17, 15) is 0 Å². The van der Waals surface area contributed by atoms with Crippen LogP contribution in [0.3, 0.4) is 0 Å². The first-order valence-electron chi connectivity index (χ1n) is 4.17. The standard InChI is InChI=1S/C7H17N5/c1-9-10-7(8)12-5-3-11(2)4-6-12/h9H,3-6H2,1-2H3,(H2,8,10). The molecule has 0 spiro atoms. The van der Waals surface area contributed by atoms with Gasteiger partial charge in [0.1, 0.15) is 0 Å². The highest BCUT2D eigenvalue weighted by Gasteiger charge is 2.14. The molecule has 0 atom stereocenters. The summed E-state index contributed by atoms with van der Waals surface area (Å²) in [6.07, 6.45) is 0. The van der Waals surface area contributed by atoms with E-state index in [0.717, 1.165) is 26.2 Å². The molecule has 5 nitrogen and oxygen atoms in total. The van der Waals surface area contributed by atoms with Gasteiger partial charge in [0.05, 0.1) is 0 Å². The van der Waals surface area contributed by atoms with E-state index in [1.165, 1.54) is 0 Å². The minimum absolute atomic E-state index is 0.589. The normalized spacial score (nSPS) is 21.2. The number of guanidine groups is 1. The van der Waals surface area contributed by atoms with Crippen molar-refractivity contribution in [1.29, 1.82) is 0 Å². The predicted octanol–water partition coefficient (Wildman–Crippen LogP) is -1.32. The lowest BCUT2D eigenvalue weighted by Gasteiger charge is -2.32. The van der Waals surface area contributed by atoms with Crippen LogP contribution in [0.2, 0.25) is 0 Å². The van der Waals surface area contributed by atoms with Crippen LogP contribution in [0.4, 0.5) is 0 Å². The third-order valence-corrected chi connectivity index (χ3v) is 2.05. The molecule has 1 rings (SSSR count). The van der Waals surface area contributed by atoms with Crippen LogP contribution >= 0.6 is 0 Å². The Kier molecular flexibility index (Phi) is 3.16. The number of hydrogen-bond donors (Lipinski definition) is 2. The maximum atomic E-state index is 5.70. The predicted molar refractivity (Wildman–Crippen MR) is 49.8 cm³/mol. The molecule has 0 saturated carbocycles. The van der Waals surface area contributed by atoms with Crippen molar-refractivity contribution < 1.29 is 0 Å². The molecule has 3 N–H and O–H groups in total. The second-order valence-electron chi connectivity index (χ2n) is 2.98. The van der Waals surface area contributed by atoms with Crippen molar-refractivity contribution in [3.8, 4) is 0 Å². The van der Waals surface area contributed by atoms with Crippen LogP contribution in [-0.2, 0) is 0 Å². The number of hydrogen-bond acceptors (Lipinski definition) is 3. The van der Waals surface area contributed by atoms with Gasteiger partial charge < -0.3 is 21.0 Å². The van der Waals surface area contributed by atoms with Gasteiger partial charge in [-0.3, -0.25) is 0 Å². The summed E-state index contributed by atoms with van der Waals surface area (Å²) >= 11 is 0. The van der Waals surface area contributed by atoms with Gasteiger partial charge in [0.15, 0.2) is 0 Å². The van der Waals surface area contributed by atoms with Crippen molar-refractivity contribution in [1.82, 2.24) is 15.2 Å². The van der Waals surface area contributed by atoms with Crippen molar-refractivity contribution in [3.05, 3.63) is 0 Å². The van der Waals surface area contributed by atoms with Crippen LogP contribution in [0.5, 0.6) is 0 Å². The number of nitrogens with one attached hydrogen (secondary N) is 1. The van der Waals surface area contributed by atoms with E-state index in [1.807, 2.05) is 0 Å². The largest absolute Gasteiger partial charge is 0.368 e. The van der Waals surface area contributed by atoms with E-state index in [4.69, 9.17) is 5.73 Å². The molecule has 70 valence electrons. The van der Waals surface area contributed by atoms with E-state index >= 15 is 0 Å². The highest BCUT2D eigenvalue weighted by molar-refractivity contribution is 5.77. The van der Waals surface area contributed by atoms with Gasteiger partial charge in [-0.2, -0.15) is 0 Å². The number of likely N-dealkylation sites (N-methyl/N-ethyl adjacent to an activating group) is 1. The molecule has 0 bridgehead atoms. The van der Waals surface area contributed by atoms with Crippen LogP contribution in [0, 0.1) is 0 Å². The Morgan fingerprint density at radius 3 is 2.42 bits per heavy atom. The van der Waals surface area contributed by atoms with Crippen LogP contribution in [0.15, 0.2) is 5.10 Å². The quantitative estimate of drug-likeness (QED) is 0.292. The molecule has 0 amide bonds. The van der Waals surface area contributed by atoms with E-state index in [0.29, 0.717) is 5.96 Å². The average molecular weight is 171 g/mol. The van der Waals surface area contributed by atoms with E-state index < -0.39 is 0 Å². The lowest BCUT2D eigenvalue weighted by Crippen LogP contribution is -2.50. The van der Waals surface area contributed by atoms with Gasteiger partial charge in [-0.1, -0.05) is 0 Å². The van der Waals surface area contributed by atoms with E-state index in [2.05, 4.69) is 27.4 Å². The van der Waals surface area contributed by atoms with Gasteiger partial charge in [-0.05, 0) is 7.05 Å². The monoisotopic (exact) mass is 171 g/mol. The molecule has 1 aliphatic heterocycles. The summed E-state index contributed by atoms with van der Waals surface area (Å²) < 4.78 is 0. The third kappa shape index (κ3) is 2.27. The van der Waals surface area contributed by atoms with Gasteiger partial charge in [0.2, 0.25) is 5.96 Å². The maximum absolute atomic E-state index is 5.70. The van der Waals surface area contributed by atoms with Crippen molar-refractivity contribution in [3.63, 3.8) is 0 Å². The molecule has 1 heterocycles. The Balaban J connectivity index is 2.39. The lowest BCUT2D eigenvalue weighted by atomic mass is 10.3. The van der Waals surface area contributed by atoms with E-state index in [1.54, 1.807) is 7.05 Å². The summed E-state index contributed by atoms with van der Waals surface area (Å²) in [5.74, 6) is 0.589. The maximum Gasteiger partial charge on any atom is 0.213 e. The first-order chi connectivity index (χ1) is 5.74. The number of hydrazone groups is 1. The summed E-state index contributed by atoms with van der Waals surface area (Å²) in [5.41, 5.74) is 8.38. The number of piperazine rings is 1. The Morgan fingerprint density at radius 1 is 1.33 bits per heavy atom. The minimum Gasteiger partial charge on any atom is -0.368 e. The average Bonchev–Trinajstić information content (AvgIpc) is 2.06. The summed E-state index contributed by atoms with van der Waals surface area (Å²) in [5, 5.41) is 3.93. The molecule has 1 saturated heterocycles. The summed E-state index contributed by atoms with van der Waals surface area (Å²) in [6.45, 7) is 4.04. The molecule has 0 radical (unpaired) electrons. The lowest BCUT2D eigenvalue weighted by molar-refractivity contribution is 0.213. The smallest absolute Gasteiger partial charge is 0.213 e. The highest BCUT2D eigenvalue weighted by atomic mass is 15.4. The molecule has 12 heavy (non-hydrogen) atoms. The van der Waals surface area contributed by atoms with Crippen molar-refractivity contribution >= 4 is 5.96 Å². The zero-order valence-electron chi connectivity index (χ0n) is 7.75. The van der Waals surface area contributed by atoms with Gasteiger partial charge >= 0.3 is 0 Å². The number of rotatable bonds is 1. The summed E-state index contributed by atoms with van der Waals surface area (Å²) in [4.78, 5) is 4.36.